The number of hydrogen-bond donors (Lipinski definition) is 2. The maximum absolute atomic E-state index is 13.6. The van der Waals surface area contributed by atoms with Crippen molar-refractivity contribution in [1.29, 1.82) is 0 Å². The third-order valence-electron chi connectivity index (χ3n) is 6.13. The standard InChI is InChI=1S/C29H25N5O3S/c1-18-8-10-21(11-9-18)27-20(3)26(24-6-4-5-7-25(24)33-27)28(35)32-22-12-14-23(15-13-22)38(36,37)34-29-30-17-16-19(2)31-29/h4-17H,1-3H3,(H,32,35)(H,30,31,34). The van der Waals surface area contributed by atoms with Gasteiger partial charge in [-0.2, -0.15) is 0 Å². The van der Waals surface area contributed by atoms with Crippen molar-refractivity contribution in [2.75, 3.05) is 10.0 Å². The van der Waals surface area contributed by atoms with E-state index >= 15 is 0 Å². The first kappa shape index (κ1) is 25.0. The van der Waals surface area contributed by atoms with Gasteiger partial charge in [0.1, 0.15) is 0 Å². The highest BCUT2D eigenvalue weighted by Gasteiger charge is 2.20. The van der Waals surface area contributed by atoms with Crippen LogP contribution in [0.2, 0.25) is 0 Å². The molecule has 0 spiro atoms. The summed E-state index contributed by atoms with van der Waals surface area (Å²) in [5, 5.41) is 3.64. The molecule has 0 aliphatic carbocycles. The van der Waals surface area contributed by atoms with Gasteiger partial charge in [0, 0.05) is 28.5 Å². The lowest BCUT2D eigenvalue weighted by molar-refractivity contribution is 0.102. The largest absolute Gasteiger partial charge is 0.322 e. The third kappa shape index (κ3) is 5.09. The molecule has 0 radical (unpaired) electrons. The van der Waals surface area contributed by atoms with Crippen LogP contribution in [0.3, 0.4) is 0 Å². The molecule has 2 heterocycles. The number of benzene rings is 3. The normalized spacial score (nSPS) is 11.3. The Morgan fingerprint density at radius 3 is 2.24 bits per heavy atom. The molecule has 9 heteroatoms. The summed E-state index contributed by atoms with van der Waals surface area (Å²) in [6, 6.07) is 23.1. The Labute approximate surface area is 220 Å². The number of nitrogens with one attached hydrogen (secondary N) is 2. The van der Waals surface area contributed by atoms with Gasteiger partial charge < -0.3 is 5.32 Å². The van der Waals surface area contributed by atoms with E-state index in [0.29, 0.717) is 22.5 Å². The highest BCUT2D eigenvalue weighted by atomic mass is 32.2. The second-order valence-corrected chi connectivity index (χ2v) is 10.6. The number of hydrogen-bond acceptors (Lipinski definition) is 6. The van der Waals surface area contributed by atoms with E-state index in [9.17, 15) is 13.2 Å². The Hall–Kier alpha value is -4.63. The van der Waals surface area contributed by atoms with Crippen LogP contribution in [0.15, 0.2) is 90.0 Å². The summed E-state index contributed by atoms with van der Waals surface area (Å²) >= 11 is 0. The number of fused-ring (bicyclic) bond motifs is 1. The topological polar surface area (TPSA) is 114 Å². The predicted molar refractivity (Wildman–Crippen MR) is 149 cm³/mol. The molecule has 38 heavy (non-hydrogen) atoms. The number of carbonyl (C=O) groups is 1. The minimum atomic E-state index is -3.90. The first-order valence-corrected chi connectivity index (χ1v) is 13.4. The number of aryl methyl sites for hydroxylation is 2. The van der Waals surface area contributed by atoms with Gasteiger partial charge in [-0.05, 0) is 62.7 Å². The van der Waals surface area contributed by atoms with E-state index in [-0.39, 0.29) is 16.8 Å². The van der Waals surface area contributed by atoms with Crippen molar-refractivity contribution < 1.29 is 13.2 Å². The van der Waals surface area contributed by atoms with Crippen molar-refractivity contribution >= 4 is 38.5 Å². The molecule has 0 fully saturated rings. The van der Waals surface area contributed by atoms with Gasteiger partial charge in [-0.3, -0.25) is 4.79 Å². The van der Waals surface area contributed by atoms with Gasteiger partial charge in [-0.1, -0.05) is 48.0 Å². The lowest BCUT2D eigenvalue weighted by Gasteiger charge is -2.15. The Morgan fingerprint density at radius 2 is 1.53 bits per heavy atom. The van der Waals surface area contributed by atoms with Gasteiger partial charge in [0.15, 0.2) is 0 Å². The zero-order valence-corrected chi connectivity index (χ0v) is 21.9. The molecule has 0 aliphatic rings. The molecule has 5 aromatic rings. The zero-order valence-electron chi connectivity index (χ0n) is 21.1. The van der Waals surface area contributed by atoms with Gasteiger partial charge in [-0.15, -0.1) is 0 Å². The SMILES string of the molecule is Cc1ccc(-c2nc3ccccc3c(C(=O)Nc3ccc(S(=O)(=O)Nc4nccc(C)n4)cc3)c2C)cc1. The minimum Gasteiger partial charge on any atom is -0.322 e. The number of aromatic nitrogens is 3. The summed E-state index contributed by atoms with van der Waals surface area (Å²) in [7, 11) is -3.90. The van der Waals surface area contributed by atoms with Crippen molar-refractivity contribution in [3.63, 3.8) is 0 Å². The molecule has 0 unspecified atom stereocenters. The number of para-hydroxylation sites is 1. The van der Waals surface area contributed by atoms with Gasteiger partial charge in [-0.25, -0.2) is 28.1 Å². The molecule has 1 amide bonds. The number of anilines is 2. The number of carbonyl (C=O) groups excluding carboxylic acids is 1. The Kier molecular flexibility index (Phi) is 6.61. The molecule has 0 aliphatic heterocycles. The summed E-state index contributed by atoms with van der Waals surface area (Å²) in [6.45, 7) is 5.65. The molecule has 0 bridgehead atoms. The number of nitrogens with zero attached hydrogens (tertiary/aromatic N) is 3. The molecule has 0 saturated heterocycles. The number of sulfonamides is 1. The second-order valence-electron chi connectivity index (χ2n) is 8.95. The summed E-state index contributed by atoms with van der Waals surface area (Å²) in [4.78, 5) is 26.4. The minimum absolute atomic E-state index is 0.00759. The molecule has 2 aromatic heterocycles. The summed E-state index contributed by atoms with van der Waals surface area (Å²) in [5.74, 6) is -0.317. The smallest absolute Gasteiger partial charge is 0.264 e. The first-order chi connectivity index (χ1) is 18.2. The lowest BCUT2D eigenvalue weighted by atomic mass is 9.96. The monoisotopic (exact) mass is 523 g/mol. The molecule has 3 aromatic carbocycles. The van der Waals surface area contributed by atoms with Crippen LogP contribution in [0.4, 0.5) is 11.6 Å². The molecule has 2 N–H and O–H groups in total. The Bertz CT molecular complexity index is 1770. The van der Waals surface area contributed by atoms with Gasteiger partial charge in [0.2, 0.25) is 5.95 Å². The van der Waals surface area contributed by atoms with Crippen molar-refractivity contribution in [2.45, 2.75) is 25.7 Å². The average Bonchev–Trinajstić information content (AvgIpc) is 2.89. The summed E-state index contributed by atoms with van der Waals surface area (Å²) in [5.41, 5.74) is 5.88. The van der Waals surface area contributed by atoms with Crippen LogP contribution in [0.25, 0.3) is 22.2 Å². The Balaban J connectivity index is 1.44. The van der Waals surface area contributed by atoms with Crippen molar-refractivity contribution in [3.05, 3.63) is 107 Å². The highest BCUT2D eigenvalue weighted by molar-refractivity contribution is 7.92. The maximum atomic E-state index is 13.6. The first-order valence-electron chi connectivity index (χ1n) is 11.9. The van der Waals surface area contributed by atoms with Gasteiger partial charge >= 0.3 is 0 Å². The number of pyridine rings is 1. The fourth-order valence-corrected chi connectivity index (χ4v) is 5.13. The van der Waals surface area contributed by atoms with Gasteiger partial charge in [0.25, 0.3) is 15.9 Å². The van der Waals surface area contributed by atoms with E-state index in [2.05, 4.69) is 20.0 Å². The highest BCUT2D eigenvalue weighted by Crippen LogP contribution is 2.30. The molecule has 0 saturated carbocycles. The molecule has 190 valence electrons. The summed E-state index contributed by atoms with van der Waals surface area (Å²) < 4.78 is 27.9. The molecule has 0 atom stereocenters. The number of amides is 1. The van der Waals surface area contributed by atoms with Crippen molar-refractivity contribution in [1.82, 2.24) is 15.0 Å². The van der Waals surface area contributed by atoms with Crippen LogP contribution < -0.4 is 10.0 Å². The predicted octanol–water partition coefficient (Wildman–Crippen LogP) is 5.67. The molecular formula is C29H25N5O3S. The van der Waals surface area contributed by atoms with Crippen LogP contribution in [0.1, 0.15) is 27.2 Å². The van der Waals surface area contributed by atoms with E-state index in [1.807, 2.05) is 62.4 Å². The average molecular weight is 524 g/mol. The fraction of sp³-hybridized carbons (Fsp3) is 0.103. The van der Waals surface area contributed by atoms with Crippen LogP contribution in [-0.4, -0.2) is 29.3 Å². The van der Waals surface area contributed by atoms with Crippen LogP contribution in [0, 0.1) is 20.8 Å². The second kappa shape index (κ2) is 10.0. The Morgan fingerprint density at radius 1 is 0.816 bits per heavy atom. The van der Waals surface area contributed by atoms with E-state index < -0.39 is 10.0 Å². The maximum Gasteiger partial charge on any atom is 0.264 e. The van der Waals surface area contributed by atoms with E-state index in [1.165, 1.54) is 18.3 Å². The molecular weight excluding hydrogens is 498 g/mol. The number of rotatable bonds is 6. The van der Waals surface area contributed by atoms with E-state index in [1.54, 1.807) is 25.1 Å². The molecule has 5 rings (SSSR count). The summed E-state index contributed by atoms with van der Waals surface area (Å²) in [6.07, 6.45) is 1.48. The van der Waals surface area contributed by atoms with E-state index in [4.69, 9.17) is 4.98 Å². The third-order valence-corrected chi connectivity index (χ3v) is 7.47. The van der Waals surface area contributed by atoms with Crippen molar-refractivity contribution in [3.8, 4) is 11.3 Å². The van der Waals surface area contributed by atoms with E-state index in [0.717, 1.165) is 27.8 Å². The van der Waals surface area contributed by atoms with Crippen LogP contribution in [-0.2, 0) is 10.0 Å². The van der Waals surface area contributed by atoms with Crippen molar-refractivity contribution in [2.24, 2.45) is 0 Å². The van der Waals surface area contributed by atoms with Crippen LogP contribution in [0.5, 0.6) is 0 Å². The lowest BCUT2D eigenvalue weighted by Crippen LogP contribution is -2.16. The van der Waals surface area contributed by atoms with Crippen LogP contribution >= 0.6 is 0 Å². The fourth-order valence-electron chi connectivity index (χ4n) is 4.18. The quantitative estimate of drug-likeness (QED) is 0.296. The molecule has 8 nitrogen and oxygen atoms in total. The van der Waals surface area contributed by atoms with Gasteiger partial charge in [0.05, 0.1) is 21.7 Å². The zero-order chi connectivity index (χ0) is 26.9.